The van der Waals surface area contributed by atoms with E-state index >= 15 is 0 Å². The third-order valence-electron chi connectivity index (χ3n) is 6.83. The van der Waals surface area contributed by atoms with Crippen molar-refractivity contribution in [2.24, 2.45) is 5.41 Å². The van der Waals surface area contributed by atoms with Crippen LogP contribution in [0.2, 0.25) is 0 Å². The molecule has 3 heterocycles. The fourth-order valence-electron chi connectivity index (χ4n) is 4.97. The van der Waals surface area contributed by atoms with E-state index in [1.54, 1.807) is 14.2 Å². The number of ether oxygens (including phenoxy) is 2. The summed E-state index contributed by atoms with van der Waals surface area (Å²) in [5.74, 6) is 3.82. The summed E-state index contributed by atoms with van der Waals surface area (Å²) in [5, 5.41) is 8.82. The largest absolute Gasteiger partial charge is 0.497 e. The molecule has 0 radical (unpaired) electrons. The van der Waals surface area contributed by atoms with Crippen molar-refractivity contribution in [2.45, 2.75) is 45.1 Å². The number of likely N-dealkylation sites (tertiary alicyclic amines) is 2. The standard InChI is InChI=1S/C23H34N4O3/c1-16(2)21-24-25-22(30-21)19-14-27(15-23(19)8-10-26(3)11-9-23)13-17-12-18(28-4)6-7-20(17)29-5/h6-7,12,16,19H,8-11,13-15H2,1-5H3. The Kier molecular flexibility index (Phi) is 6.02. The highest BCUT2D eigenvalue weighted by Crippen LogP contribution is 2.50. The second kappa shape index (κ2) is 8.55. The third kappa shape index (κ3) is 4.05. The number of benzene rings is 1. The van der Waals surface area contributed by atoms with Crippen LogP contribution in [0.25, 0.3) is 0 Å². The van der Waals surface area contributed by atoms with Gasteiger partial charge in [-0.05, 0) is 56.6 Å². The number of hydrogen-bond acceptors (Lipinski definition) is 7. The van der Waals surface area contributed by atoms with Crippen LogP contribution in [0.15, 0.2) is 22.6 Å². The SMILES string of the molecule is COc1ccc(OC)c(CN2CC(c3nnc(C(C)C)o3)C3(CCN(C)CC3)C2)c1. The minimum absolute atomic E-state index is 0.180. The number of methoxy groups -OCH3 is 2. The van der Waals surface area contributed by atoms with Crippen molar-refractivity contribution >= 4 is 0 Å². The molecule has 0 bridgehead atoms. The van der Waals surface area contributed by atoms with Gasteiger partial charge in [-0.25, -0.2) is 0 Å². The Morgan fingerprint density at radius 1 is 1.17 bits per heavy atom. The van der Waals surface area contributed by atoms with Gasteiger partial charge in [0.2, 0.25) is 11.8 Å². The van der Waals surface area contributed by atoms with Crippen LogP contribution in [0.3, 0.4) is 0 Å². The fourth-order valence-corrected chi connectivity index (χ4v) is 4.97. The molecule has 0 aliphatic carbocycles. The maximum Gasteiger partial charge on any atom is 0.221 e. The van der Waals surface area contributed by atoms with Crippen LogP contribution >= 0.6 is 0 Å². The highest BCUT2D eigenvalue weighted by molar-refractivity contribution is 5.40. The minimum Gasteiger partial charge on any atom is -0.497 e. The maximum absolute atomic E-state index is 6.16. The molecule has 0 amide bonds. The highest BCUT2D eigenvalue weighted by atomic mass is 16.5. The molecule has 1 aromatic carbocycles. The number of hydrogen-bond donors (Lipinski definition) is 0. The first kappa shape index (κ1) is 21.1. The van der Waals surface area contributed by atoms with E-state index in [-0.39, 0.29) is 17.3 Å². The molecule has 4 rings (SSSR count). The lowest BCUT2D eigenvalue weighted by atomic mass is 9.71. The molecule has 2 fully saturated rings. The molecule has 0 saturated carbocycles. The van der Waals surface area contributed by atoms with Crippen LogP contribution in [0.1, 0.15) is 55.9 Å². The van der Waals surface area contributed by atoms with Crippen LogP contribution in [-0.4, -0.2) is 67.4 Å². The van der Waals surface area contributed by atoms with Gasteiger partial charge in [-0.2, -0.15) is 0 Å². The third-order valence-corrected chi connectivity index (χ3v) is 6.83. The Labute approximate surface area is 179 Å². The highest BCUT2D eigenvalue weighted by Gasteiger charge is 2.50. The van der Waals surface area contributed by atoms with E-state index in [2.05, 4.69) is 47.0 Å². The predicted molar refractivity (Wildman–Crippen MR) is 115 cm³/mol. The Balaban J connectivity index is 1.60. The average molecular weight is 415 g/mol. The van der Waals surface area contributed by atoms with Crippen molar-refractivity contribution in [3.05, 3.63) is 35.5 Å². The normalized spacial score (nSPS) is 22.1. The topological polar surface area (TPSA) is 63.9 Å². The summed E-state index contributed by atoms with van der Waals surface area (Å²) >= 11 is 0. The zero-order chi connectivity index (χ0) is 21.3. The Morgan fingerprint density at radius 2 is 1.93 bits per heavy atom. The van der Waals surface area contributed by atoms with E-state index < -0.39 is 0 Å². The van der Waals surface area contributed by atoms with Crippen molar-refractivity contribution in [3.63, 3.8) is 0 Å². The summed E-state index contributed by atoms with van der Waals surface area (Å²) in [7, 11) is 5.63. The summed E-state index contributed by atoms with van der Waals surface area (Å²) < 4.78 is 17.2. The van der Waals surface area contributed by atoms with Crippen molar-refractivity contribution in [1.29, 1.82) is 0 Å². The number of aromatic nitrogens is 2. The van der Waals surface area contributed by atoms with Crippen molar-refractivity contribution in [2.75, 3.05) is 47.4 Å². The monoisotopic (exact) mass is 414 g/mol. The summed E-state index contributed by atoms with van der Waals surface area (Å²) in [4.78, 5) is 4.94. The van der Waals surface area contributed by atoms with Gasteiger partial charge in [0.15, 0.2) is 0 Å². The lowest BCUT2D eigenvalue weighted by Crippen LogP contribution is -2.42. The Bertz CT molecular complexity index is 858. The first-order valence-electron chi connectivity index (χ1n) is 10.9. The molecule has 7 heteroatoms. The molecule has 1 unspecified atom stereocenters. The van der Waals surface area contributed by atoms with Crippen molar-refractivity contribution < 1.29 is 13.9 Å². The predicted octanol–water partition coefficient (Wildman–Crippen LogP) is 3.52. The molecule has 1 spiro atoms. The van der Waals surface area contributed by atoms with Gasteiger partial charge >= 0.3 is 0 Å². The molecule has 2 aliphatic rings. The molecular weight excluding hydrogens is 380 g/mol. The number of nitrogens with zero attached hydrogens (tertiary/aromatic N) is 4. The van der Waals surface area contributed by atoms with Gasteiger partial charge < -0.3 is 18.8 Å². The maximum atomic E-state index is 6.16. The Morgan fingerprint density at radius 3 is 2.57 bits per heavy atom. The van der Waals surface area contributed by atoms with Crippen molar-refractivity contribution in [1.82, 2.24) is 20.0 Å². The van der Waals surface area contributed by atoms with Crippen LogP contribution in [-0.2, 0) is 6.54 Å². The zero-order valence-corrected chi connectivity index (χ0v) is 18.9. The summed E-state index contributed by atoms with van der Waals surface area (Å²) in [6.07, 6.45) is 2.30. The lowest BCUT2D eigenvalue weighted by molar-refractivity contribution is 0.105. The van der Waals surface area contributed by atoms with Gasteiger partial charge in [0, 0.05) is 31.1 Å². The van der Waals surface area contributed by atoms with Crippen LogP contribution in [0.5, 0.6) is 11.5 Å². The second-order valence-corrected chi connectivity index (χ2v) is 9.20. The van der Waals surface area contributed by atoms with Gasteiger partial charge in [0.25, 0.3) is 0 Å². The van der Waals surface area contributed by atoms with Gasteiger partial charge in [0.1, 0.15) is 11.5 Å². The van der Waals surface area contributed by atoms with Crippen LogP contribution in [0, 0.1) is 5.41 Å². The van der Waals surface area contributed by atoms with E-state index in [0.717, 1.165) is 74.4 Å². The van der Waals surface area contributed by atoms with Crippen LogP contribution in [0.4, 0.5) is 0 Å². The van der Waals surface area contributed by atoms with Gasteiger partial charge in [-0.1, -0.05) is 13.8 Å². The van der Waals surface area contributed by atoms with E-state index in [1.165, 1.54) is 0 Å². The number of rotatable bonds is 6. The smallest absolute Gasteiger partial charge is 0.221 e. The van der Waals surface area contributed by atoms with E-state index in [4.69, 9.17) is 13.9 Å². The minimum atomic E-state index is 0.180. The molecule has 164 valence electrons. The molecule has 1 atom stereocenters. The van der Waals surface area contributed by atoms with Gasteiger partial charge in [0.05, 0.1) is 20.1 Å². The summed E-state index contributed by atoms with van der Waals surface area (Å²) in [6, 6.07) is 6.01. The van der Waals surface area contributed by atoms with Crippen molar-refractivity contribution in [3.8, 4) is 11.5 Å². The first-order chi connectivity index (χ1) is 14.4. The van der Waals surface area contributed by atoms with E-state index in [9.17, 15) is 0 Å². The first-order valence-corrected chi connectivity index (χ1v) is 10.9. The molecular formula is C23H34N4O3. The fraction of sp³-hybridized carbons (Fsp3) is 0.652. The second-order valence-electron chi connectivity index (χ2n) is 9.20. The average Bonchev–Trinajstić information content (AvgIpc) is 3.36. The molecule has 1 aromatic heterocycles. The van der Waals surface area contributed by atoms with E-state index in [0.29, 0.717) is 0 Å². The summed E-state index contributed by atoms with van der Waals surface area (Å²) in [5.41, 5.74) is 1.33. The molecule has 0 N–H and O–H groups in total. The molecule has 30 heavy (non-hydrogen) atoms. The zero-order valence-electron chi connectivity index (χ0n) is 18.9. The molecule has 2 aromatic rings. The van der Waals surface area contributed by atoms with Gasteiger partial charge in [-0.15, -0.1) is 10.2 Å². The quantitative estimate of drug-likeness (QED) is 0.716. The van der Waals surface area contributed by atoms with Crippen LogP contribution < -0.4 is 9.47 Å². The van der Waals surface area contributed by atoms with Gasteiger partial charge in [-0.3, -0.25) is 4.90 Å². The molecule has 2 saturated heterocycles. The molecule has 2 aliphatic heterocycles. The summed E-state index contributed by atoms with van der Waals surface area (Å²) in [6.45, 7) is 9.18. The molecule has 7 nitrogen and oxygen atoms in total. The Hall–Kier alpha value is -2.12. The number of piperidine rings is 1. The lowest BCUT2D eigenvalue weighted by Gasteiger charge is -2.40. The van der Waals surface area contributed by atoms with E-state index in [1.807, 2.05) is 12.1 Å².